The van der Waals surface area contributed by atoms with Crippen LogP contribution in [-0.2, 0) is 0 Å². The van der Waals surface area contributed by atoms with Gasteiger partial charge in [-0.3, -0.25) is 0 Å². The van der Waals surface area contributed by atoms with Gasteiger partial charge in [-0.05, 0) is 25.1 Å². The predicted molar refractivity (Wildman–Crippen MR) is 54.3 cm³/mol. The van der Waals surface area contributed by atoms with Crippen molar-refractivity contribution in [2.45, 2.75) is 19.2 Å². The molecular formula is C11H8F3NO3. The molecule has 1 aromatic carbocycles. The number of aromatic carboxylic acids is 1. The Morgan fingerprint density at radius 2 is 2.11 bits per heavy atom. The second-order valence-corrected chi connectivity index (χ2v) is 3.43. The van der Waals surface area contributed by atoms with Crippen LogP contribution in [0, 0.1) is 11.3 Å². The molecule has 0 aromatic heterocycles. The van der Waals surface area contributed by atoms with E-state index in [0.717, 1.165) is 19.1 Å². The molecule has 1 atom stereocenters. The van der Waals surface area contributed by atoms with Gasteiger partial charge >= 0.3 is 12.1 Å². The highest BCUT2D eigenvalue weighted by Gasteiger charge is 2.38. The average Bonchev–Trinajstić information content (AvgIpc) is 2.27. The zero-order chi connectivity index (χ0) is 13.9. The maximum Gasteiger partial charge on any atom is 0.425 e. The maximum atomic E-state index is 12.3. The van der Waals surface area contributed by atoms with E-state index in [1.54, 1.807) is 6.07 Å². The summed E-state index contributed by atoms with van der Waals surface area (Å²) in [5.41, 5.74) is -0.454. The van der Waals surface area contributed by atoms with Crippen molar-refractivity contribution in [1.29, 1.82) is 5.26 Å². The summed E-state index contributed by atoms with van der Waals surface area (Å²) in [5, 5.41) is 17.4. The first-order chi connectivity index (χ1) is 8.25. The third-order valence-corrected chi connectivity index (χ3v) is 2.10. The summed E-state index contributed by atoms with van der Waals surface area (Å²) in [4.78, 5) is 10.9. The fourth-order valence-electron chi connectivity index (χ4n) is 1.13. The molecule has 0 aliphatic carbocycles. The number of rotatable bonds is 3. The molecule has 0 bridgehead atoms. The molecule has 96 valence electrons. The van der Waals surface area contributed by atoms with Crippen LogP contribution >= 0.6 is 0 Å². The van der Waals surface area contributed by atoms with Crippen molar-refractivity contribution in [3.8, 4) is 11.8 Å². The van der Waals surface area contributed by atoms with Gasteiger partial charge in [-0.25, -0.2) is 4.79 Å². The number of nitrogens with zero attached hydrogens (tertiary/aromatic N) is 1. The minimum atomic E-state index is -4.59. The van der Waals surface area contributed by atoms with Crippen molar-refractivity contribution in [3.63, 3.8) is 0 Å². The predicted octanol–water partition coefficient (Wildman–Crippen LogP) is 2.59. The molecule has 0 aliphatic heterocycles. The first-order valence-electron chi connectivity index (χ1n) is 4.76. The normalized spacial score (nSPS) is 12.6. The molecule has 0 saturated carbocycles. The molecule has 4 nitrogen and oxygen atoms in total. The van der Waals surface area contributed by atoms with Crippen LogP contribution in [0.25, 0.3) is 0 Å². The summed E-state index contributed by atoms with van der Waals surface area (Å²) in [6.45, 7) is 0.768. The Morgan fingerprint density at radius 3 is 2.56 bits per heavy atom. The molecule has 0 aliphatic rings. The van der Waals surface area contributed by atoms with E-state index >= 15 is 0 Å². The number of benzene rings is 1. The third-order valence-electron chi connectivity index (χ3n) is 2.10. The highest BCUT2D eigenvalue weighted by atomic mass is 19.4. The molecule has 1 N–H and O–H groups in total. The first-order valence-corrected chi connectivity index (χ1v) is 4.76. The van der Waals surface area contributed by atoms with Crippen molar-refractivity contribution >= 4 is 5.97 Å². The molecular weight excluding hydrogens is 251 g/mol. The van der Waals surface area contributed by atoms with Crippen molar-refractivity contribution < 1.29 is 27.8 Å². The van der Waals surface area contributed by atoms with Gasteiger partial charge in [0.05, 0.1) is 11.6 Å². The van der Waals surface area contributed by atoms with Crippen LogP contribution in [0.2, 0.25) is 0 Å². The van der Waals surface area contributed by atoms with Crippen molar-refractivity contribution in [1.82, 2.24) is 0 Å². The second kappa shape index (κ2) is 4.96. The van der Waals surface area contributed by atoms with E-state index < -0.39 is 29.6 Å². The van der Waals surface area contributed by atoms with Gasteiger partial charge in [0.15, 0.2) is 6.10 Å². The molecule has 1 unspecified atom stereocenters. The fourth-order valence-corrected chi connectivity index (χ4v) is 1.13. The minimum Gasteiger partial charge on any atom is -0.480 e. The highest BCUT2D eigenvalue weighted by molar-refractivity contribution is 5.91. The van der Waals surface area contributed by atoms with E-state index in [0.29, 0.717) is 0 Å². The van der Waals surface area contributed by atoms with Crippen molar-refractivity contribution in [3.05, 3.63) is 29.3 Å². The Balaban J connectivity index is 3.10. The Bertz CT molecular complexity index is 505. The lowest BCUT2D eigenvalue weighted by Crippen LogP contribution is -2.31. The van der Waals surface area contributed by atoms with Crippen LogP contribution in [0.5, 0.6) is 5.75 Å². The molecule has 0 amide bonds. The van der Waals surface area contributed by atoms with Crippen LogP contribution in [0.4, 0.5) is 13.2 Å². The number of halogens is 3. The van der Waals surface area contributed by atoms with Gasteiger partial charge in [-0.15, -0.1) is 0 Å². The minimum absolute atomic E-state index is 0.0272. The van der Waals surface area contributed by atoms with Crippen molar-refractivity contribution in [2.75, 3.05) is 0 Å². The standard InChI is InChI=1S/C11H8F3NO3/c1-6(11(12,13)14)18-9-3-2-7(5-15)4-8(9)10(16)17/h2-4,6H,1H3,(H,16,17). The first kappa shape index (κ1) is 13.8. The molecule has 0 saturated heterocycles. The van der Waals surface area contributed by atoms with Gasteiger partial charge in [0.1, 0.15) is 11.3 Å². The van der Waals surface area contributed by atoms with E-state index in [-0.39, 0.29) is 5.56 Å². The van der Waals surface area contributed by atoms with Crippen LogP contribution in [0.1, 0.15) is 22.8 Å². The quantitative estimate of drug-likeness (QED) is 0.905. The second-order valence-electron chi connectivity index (χ2n) is 3.43. The highest BCUT2D eigenvalue weighted by Crippen LogP contribution is 2.27. The number of ether oxygens (including phenoxy) is 1. The van der Waals surface area contributed by atoms with Crippen LogP contribution in [-0.4, -0.2) is 23.4 Å². The lowest BCUT2D eigenvalue weighted by atomic mass is 10.1. The Labute approximate surface area is 100 Å². The monoisotopic (exact) mass is 259 g/mol. The lowest BCUT2D eigenvalue weighted by Gasteiger charge is -2.18. The number of carboxylic acids is 1. The van der Waals surface area contributed by atoms with E-state index in [4.69, 9.17) is 10.4 Å². The number of hydrogen-bond acceptors (Lipinski definition) is 3. The molecule has 7 heteroatoms. The Kier molecular flexibility index (Phi) is 3.81. The molecule has 1 rings (SSSR count). The summed E-state index contributed by atoms with van der Waals surface area (Å²) in [5.74, 6) is -1.89. The molecule has 0 heterocycles. The van der Waals surface area contributed by atoms with Gasteiger partial charge in [0, 0.05) is 0 Å². The Morgan fingerprint density at radius 1 is 1.50 bits per heavy atom. The van der Waals surface area contributed by atoms with E-state index in [2.05, 4.69) is 4.74 Å². The van der Waals surface area contributed by atoms with E-state index in [1.165, 1.54) is 6.07 Å². The van der Waals surface area contributed by atoms with Gasteiger partial charge in [0.25, 0.3) is 0 Å². The zero-order valence-electron chi connectivity index (χ0n) is 9.15. The third kappa shape index (κ3) is 3.13. The van der Waals surface area contributed by atoms with E-state index in [1.807, 2.05) is 0 Å². The van der Waals surface area contributed by atoms with Gasteiger partial charge in [-0.2, -0.15) is 18.4 Å². The molecule has 1 aromatic rings. The van der Waals surface area contributed by atoms with Crippen LogP contribution < -0.4 is 4.74 Å². The number of alkyl halides is 3. The Hall–Kier alpha value is -2.23. The van der Waals surface area contributed by atoms with Crippen LogP contribution in [0.3, 0.4) is 0 Å². The molecule has 0 spiro atoms. The SMILES string of the molecule is CC(Oc1ccc(C#N)cc1C(=O)O)C(F)(F)F. The smallest absolute Gasteiger partial charge is 0.425 e. The molecule has 18 heavy (non-hydrogen) atoms. The largest absolute Gasteiger partial charge is 0.480 e. The lowest BCUT2D eigenvalue weighted by molar-refractivity contribution is -0.189. The summed E-state index contributed by atoms with van der Waals surface area (Å²) in [7, 11) is 0. The average molecular weight is 259 g/mol. The summed E-state index contributed by atoms with van der Waals surface area (Å²) in [6, 6.07) is 4.87. The van der Waals surface area contributed by atoms with Gasteiger partial charge < -0.3 is 9.84 Å². The number of carboxylic acid groups (broad SMARTS) is 1. The molecule has 0 fully saturated rings. The number of hydrogen-bond donors (Lipinski definition) is 1. The summed E-state index contributed by atoms with van der Waals surface area (Å²) >= 11 is 0. The van der Waals surface area contributed by atoms with Gasteiger partial charge in [-0.1, -0.05) is 0 Å². The number of carbonyl (C=O) groups is 1. The van der Waals surface area contributed by atoms with E-state index in [9.17, 15) is 18.0 Å². The summed E-state index contributed by atoms with van der Waals surface area (Å²) < 4.78 is 41.4. The molecule has 0 radical (unpaired) electrons. The maximum absolute atomic E-state index is 12.3. The van der Waals surface area contributed by atoms with Crippen molar-refractivity contribution in [2.24, 2.45) is 0 Å². The fraction of sp³-hybridized carbons (Fsp3) is 0.273. The number of nitriles is 1. The zero-order valence-corrected chi connectivity index (χ0v) is 9.15. The van der Waals surface area contributed by atoms with Crippen LogP contribution in [0.15, 0.2) is 18.2 Å². The topological polar surface area (TPSA) is 70.3 Å². The van der Waals surface area contributed by atoms with Gasteiger partial charge in [0.2, 0.25) is 0 Å². The summed E-state index contributed by atoms with van der Waals surface area (Å²) in [6.07, 6.45) is -6.73.